The van der Waals surface area contributed by atoms with Gasteiger partial charge < -0.3 is 10.5 Å². The summed E-state index contributed by atoms with van der Waals surface area (Å²) in [4.78, 5) is 0. The van der Waals surface area contributed by atoms with Gasteiger partial charge in [-0.05, 0) is 36.1 Å². The number of methoxy groups -OCH3 is 1. The van der Waals surface area contributed by atoms with E-state index in [1.165, 1.54) is 0 Å². The van der Waals surface area contributed by atoms with Crippen molar-refractivity contribution in [2.45, 2.75) is 32.4 Å². The van der Waals surface area contributed by atoms with Gasteiger partial charge in [0.05, 0.1) is 6.10 Å². The standard InChI is InChI=1S/C13H19Cl2NO/c1-8(2)13(17-3)12(16)7-9-6-10(14)4-5-11(9)15/h4-6,8,12-13H,7,16H2,1-3H3. The number of hydrogen-bond acceptors (Lipinski definition) is 2. The monoisotopic (exact) mass is 275 g/mol. The number of halogens is 2. The zero-order valence-corrected chi connectivity index (χ0v) is 11.9. The van der Waals surface area contributed by atoms with Crippen molar-refractivity contribution >= 4 is 23.2 Å². The molecule has 17 heavy (non-hydrogen) atoms. The van der Waals surface area contributed by atoms with Crippen molar-refractivity contribution in [3.63, 3.8) is 0 Å². The molecule has 0 aromatic heterocycles. The van der Waals surface area contributed by atoms with Crippen LogP contribution < -0.4 is 5.73 Å². The third kappa shape index (κ3) is 4.14. The molecular formula is C13H19Cl2NO. The molecule has 2 N–H and O–H groups in total. The third-order valence-corrected chi connectivity index (χ3v) is 3.42. The fourth-order valence-corrected chi connectivity index (χ4v) is 2.40. The number of rotatable bonds is 5. The first-order valence-corrected chi connectivity index (χ1v) is 6.43. The summed E-state index contributed by atoms with van der Waals surface area (Å²) < 4.78 is 5.41. The zero-order chi connectivity index (χ0) is 13.0. The molecule has 0 amide bonds. The SMILES string of the molecule is COC(C(C)C)C(N)Cc1cc(Cl)ccc1Cl. The van der Waals surface area contributed by atoms with Crippen molar-refractivity contribution in [1.82, 2.24) is 0 Å². The first-order valence-electron chi connectivity index (χ1n) is 5.68. The van der Waals surface area contributed by atoms with Crippen LogP contribution in [0.3, 0.4) is 0 Å². The molecule has 0 radical (unpaired) electrons. The van der Waals surface area contributed by atoms with Crippen LogP contribution in [-0.4, -0.2) is 19.3 Å². The molecule has 2 atom stereocenters. The van der Waals surface area contributed by atoms with E-state index in [-0.39, 0.29) is 12.1 Å². The Bertz CT molecular complexity index is 368. The maximum Gasteiger partial charge on any atom is 0.0748 e. The van der Waals surface area contributed by atoms with E-state index in [9.17, 15) is 0 Å². The lowest BCUT2D eigenvalue weighted by Crippen LogP contribution is -2.41. The summed E-state index contributed by atoms with van der Waals surface area (Å²) in [5, 5.41) is 1.37. The smallest absolute Gasteiger partial charge is 0.0748 e. The first kappa shape index (κ1) is 14.8. The normalized spacial score (nSPS) is 15.0. The predicted molar refractivity (Wildman–Crippen MR) is 73.8 cm³/mol. The molecule has 0 spiro atoms. The van der Waals surface area contributed by atoms with Gasteiger partial charge in [-0.3, -0.25) is 0 Å². The van der Waals surface area contributed by atoms with Crippen LogP contribution in [0.25, 0.3) is 0 Å². The van der Waals surface area contributed by atoms with E-state index >= 15 is 0 Å². The van der Waals surface area contributed by atoms with E-state index in [2.05, 4.69) is 13.8 Å². The average Bonchev–Trinajstić information content (AvgIpc) is 2.24. The molecule has 2 nitrogen and oxygen atoms in total. The molecule has 0 heterocycles. The lowest BCUT2D eigenvalue weighted by molar-refractivity contribution is 0.0441. The summed E-state index contributed by atoms with van der Waals surface area (Å²) in [5.41, 5.74) is 7.12. The van der Waals surface area contributed by atoms with E-state index in [0.717, 1.165) is 5.56 Å². The van der Waals surface area contributed by atoms with Gasteiger partial charge in [-0.2, -0.15) is 0 Å². The second-order valence-electron chi connectivity index (χ2n) is 4.55. The molecular weight excluding hydrogens is 257 g/mol. The predicted octanol–water partition coefficient (Wildman–Crippen LogP) is 3.53. The molecule has 1 rings (SSSR count). The van der Waals surface area contributed by atoms with Crippen molar-refractivity contribution < 1.29 is 4.74 Å². The minimum Gasteiger partial charge on any atom is -0.380 e. The lowest BCUT2D eigenvalue weighted by Gasteiger charge is -2.26. The van der Waals surface area contributed by atoms with Crippen molar-refractivity contribution in [3.8, 4) is 0 Å². The minimum absolute atomic E-state index is 0.0186. The van der Waals surface area contributed by atoms with Gasteiger partial charge in [-0.25, -0.2) is 0 Å². The summed E-state index contributed by atoms with van der Waals surface area (Å²) >= 11 is 12.1. The zero-order valence-electron chi connectivity index (χ0n) is 10.4. The maximum atomic E-state index is 6.15. The Labute approximate surface area is 113 Å². The number of nitrogens with two attached hydrogens (primary N) is 1. The Morgan fingerprint density at radius 1 is 1.29 bits per heavy atom. The third-order valence-electron chi connectivity index (χ3n) is 2.81. The largest absolute Gasteiger partial charge is 0.380 e. The van der Waals surface area contributed by atoms with E-state index in [4.69, 9.17) is 33.7 Å². The van der Waals surface area contributed by atoms with Crippen molar-refractivity contribution in [2.24, 2.45) is 11.7 Å². The van der Waals surface area contributed by atoms with Gasteiger partial charge in [0.1, 0.15) is 0 Å². The van der Waals surface area contributed by atoms with Crippen molar-refractivity contribution in [2.75, 3.05) is 7.11 Å². The molecule has 2 unspecified atom stereocenters. The van der Waals surface area contributed by atoms with E-state index in [1.54, 1.807) is 19.2 Å². The molecule has 1 aromatic rings. The van der Waals surface area contributed by atoms with Gasteiger partial charge in [-0.15, -0.1) is 0 Å². The molecule has 0 aliphatic heterocycles. The highest BCUT2D eigenvalue weighted by atomic mass is 35.5. The molecule has 0 aliphatic rings. The van der Waals surface area contributed by atoms with Gasteiger partial charge in [-0.1, -0.05) is 37.0 Å². The summed E-state index contributed by atoms with van der Waals surface area (Å²) in [7, 11) is 1.68. The highest BCUT2D eigenvalue weighted by Gasteiger charge is 2.21. The topological polar surface area (TPSA) is 35.2 Å². The van der Waals surface area contributed by atoms with Crippen LogP contribution in [0.2, 0.25) is 10.0 Å². The van der Waals surface area contributed by atoms with Crippen LogP contribution in [-0.2, 0) is 11.2 Å². The van der Waals surface area contributed by atoms with Crippen LogP contribution >= 0.6 is 23.2 Å². The summed E-state index contributed by atoms with van der Waals surface area (Å²) in [6, 6.07) is 5.34. The summed E-state index contributed by atoms with van der Waals surface area (Å²) in [6.45, 7) is 4.18. The quantitative estimate of drug-likeness (QED) is 0.892. The van der Waals surface area contributed by atoms with Crippen LogP contribution in [0.1, 0.15) is 19.4 Å². The molecule has 1 aromatic carbocycles. The van der Waals surface area contributed by atoms with Crippen molar-refractivity contribution in [3.05, 3.63) is 33.8 Å². The first-order chi connectivity index (χ1) is 7.95. The second-order valence-corrected chi connectivity index (χ2v) is 5.39. The van der Waals surface area contributed by atoms with Gasteiger partial charge in [0.25, 0.3) is 0 Å². The number of ether oxygens (including phenoxy) is 1. The van der Waals surface area contributed by atoms with Crippen LogP contribution in [0, 0.1) is 5.92 Å². The molecule has 4 heteroatoms. The fourth-order valence-electron chi connectivity index (χ4n) is 2.01. The fraction of sp³-hybridized carbons (Fsp3) is 0.538. The maximum absolute atomic E-state index is 6.15. The van der Waals surface area contributed by atoms with Gasteiger partial charge in [0.15, 0.2) is 0 Å². The number of benzene rings is 1. The highest BCUT2D eigenvalue weighted by Crippen LogP contribution is 2.23. The van der Waals surface area contributed by atoms with Crippen LogP contribution in [0.5, 0.6) is 0 Å². The number of hydrogen-bond donors (Lipinski definition) is 1. The minimum atomic E-state index is -0.0871. The van der Waals surface area contributed by atoms with Crippen LogP contribution in [0.4, 0.5) is 0 Å². The van der Waals surface area contributed by atoms with Gasteiger partial charge in [0.2, 0.25) is 0 Å². The second kappa shape index (κ2) is 6.60. The van der Waals surface area contributed by atoms with Crippen molar-refractivity contribution in [1.29, 1.82) is 0 Å². The molecule has 96 valence electrons. The summed E-state index contributed by atoms with van der Waals surface area (Å²) in [6.07, 6.45) is 0.681. The molecule has 0 saturated carbocycles. The van der Waals surface area contributed by atoms with E-state index in [1.807, 2.05) is 6.07 Å². The molecule has 0 aliphatic carbocycles. The molecule has 0 fully saturated rings. The van der Waals surface area contributed by atoms with E-state index in [0.29, 0.717) is 22.4 Å². The Morgan fingerprint density at radius 3 is 2.47 bits per heavy atom. The molecule has 0 bridgehead atoms. The highest BCUT2D eigenvalue weighted by molar-refractivity contribution is 6.33. The Kier molecular flexibility index (Phi) is 5.74. The lowest BCUT2D eigenvalue weighted by atomic mass is 9.94. The summed E-state index contributed by atoms with van der Waals surface area (Å²) in [5.74, 6) is 0.368. The van der Waals surface area contributed by atoms with Gasteiger partial charge in [0, 0.05) is 23.2 Å². The van der Waals surface area contributed by atoms with Crippen LogP contribution in [0.15, 0.2) is 18.2 Å². The Morgan fingerprint density at radius 2 is 1.94 bits per heavy atom. The Balaban J connectivity index is 2.79. The average molecular weight is 276 g/mol. The Hall–Kier alpha value is -0.280. The molecule has 0 saturated heterocycles. The van der Waals surface area contributed by atoms with E-state index < -0.39 is 0 Å². The van der Waals surface area contributed by atoms with Gasteiger partial charge >= 0.3 is 0 Å².